The average molecular weight is 361 g/mol. The fourth-order valence-electron chi connectivity index (χ4n) is 1.54. The van der Waals surface area contributed by atoms with Crippen molar-refractivity contribution in [2.24, 2.45) is 0 Å². The van der Waals surface area contributed by atoms with Crippen LogP contribution < -0.4 is 5.32 Å². The molecular weight excluding hydrogens is 350 g/mol. The molecule has 0 bridgehead atoms. The third-order valence-corrected chi connectivity index (χ3v) is 4.77. The van der Waals surface area contributed by atoms with Gasteiger partial charge < -0.3 is 10.1 Å². The zero-order chi connectivity index (χ0) is 13.8. The van der Waals surface area contributed by atoms with Gasteiger partial charge in [-0.2, -0.15) is 0 Å². The molecule has 0 saturated heterocycles. The van der Waals surface area contributed by atoms with Gasteiger partial charge in [-0.05, 0) is 45.6 Å². The van der Waals surface area contributed by atoms with E-state index in [1.807, 2.05) is 17.5 Å². The molecule has 1 N–H and O–H groups in total. The van der Waals surface area contributed by atoms with Gasteiger partial charge in [0.2, 0.25) is 0 Å². The summed E-state index contributed by atoms with van der Waals surface area (Å²) in [5, 5.41) is 5.65. The van der Waals surface area contributed by atoms with Gasteiger partial charge in [-0.3, -0.25) is 0 Å². The Hall–Kier alpha value is -1.04. The van der Waals surface area contributed by atoms with Crippen LogP contribution in [0.3, 0.4) is 0 Å². The maximum Gasteiger partial charge on any atom is 0.339 e. The summed E-state index contributed by atoms with van der Waals surface area (Å²) in [7, 11) is 1.33. The van der Waals surface area contributed by atoms with Crippen LogP contribution in [-0.2, 0) is 11.3 Å². The molecule has 0 aliphatic carbocycles. The predicted octanol–water partition coefficient (Wildman–Crippen LogP) is 4.56. The van der Waals surface area contributed by atoms with Crippen molar-refractivity contribution in [1.82, 2.24) is 0 Å². The average Bonchev–Trinajstić information content (AvgIpc) is 2.82. The lowest BCUT2D eigenvalue weighted by molar-refractivity contribution is 0.0601. The van der Waals surface area contributed by atoms with Gasteiger partial charge in [0.1, 0.15) is 0 Å². The molecule has 3 nitrogen and oxygen atoms in total. The van der Waals surface area contributed by atoms with E-state index < -0.39 is 5.97 Å². The van der Waals surface area contributed by atoms with Crippen molar-refractivity contribution in [3.8, 4) is 0 Å². The summed E-state index contributed by atoms with van der Waals surface area (Å²) in [6.45, 7) is 0.681. The molecule has 0 aliphatic rings. The molecule has 0 radical (unpaired) electrons. The number of carbonyl (C=O) groups is 1. The number of methoxy groups -OCH3 is 1. The van der Waals surface area contributed by atoms with E-state index in [-0.39, 0.29) is 0 Å². The summed E-state index contributed by atoms with van der Waals surface area (Å²) in [5.41, 5.74) is 1.18. The van der Waals surface area contributed by atoms with Gasteiger partial charge in [0.05, 0.1) is 24.2 Å². The quantitative estimate of drug-likeness (QED) is 0.812. The highest BCUT2D eigenvalue weighted by atomic mass is 79.9. The summed E-state index contributed by atoms with van der Waals surface area (Å²) in [5.74, 6) is -0.439. The Kier molecular flexibility index (Phi) is 4.85. The number of benzene rings is 1. The summed E-state index contributed by atoms with van der Waals surface area (Å²) >= 11 is 11.1. The fourth-order valence-corrected chi connectivity index (χ4v) is 3.16. The minimum absolute atomic E-state index is 0.361. The van der Waals surface area contributed by atoms with Crippen LogP contribution in [0.2, 0.25) is 5.02 Å². The number of carbonyl (C=O) groups excluding carboxylic acids is 1. The Morgan fingerprint density at radius 3 is 2.89 bits per heavy atom. The topological polar surface area (TPSA) is 38.3 Å². The van der Waals surface area contributed by atoms with Crippen LogP contribution in [-0.4, -0.2) is 13.1 Å². The summed E-state index contributed by atoms with van der Waals surface area (Å²) in [6, 6.07) is 7.20. The van der Waals surface area contributed by atoms with E-state index in [1.165, 1.54) is 12.0 Å². The highest BCUT2D eigenvalue weighted by Gasteiger charge is 2.11. The van der Waals surface area contributed by atoms with Crippen LogP contribution in [0, 0.1) is 0 Å². The molecule has 0 aliphatic heterocycles. The molecule has 0 atom stereocenters. The number of thiophene rings is 1. The van der Waals surface area contributed by atoms with E-state index in [0.717, 1.165) is 10.2 Å². The summed E-state index contributed by atoms with van der Waals surface area (Å²) < 4.78 is 5.76. The Balaban J connectivity index is 2.13. The lowest BCUT2D eigenvalue weighted by atomic mass is 10.2. The van der Waals surface area contributed by atoms with Crippen LogP contribution in [0.5, 0.6) is 0 Å². The number of esters is 1. The molecule has 0 fully saturated rings. The maximum absolute atomic E-state index is 11.5. The Morgan fingerprint density at radius 2 is 2.26 bits per heavy atom. The minimum atomic E-state index is -0.439. The van der Waals surface area contributed by atoms with Crippen molar-refractivity contribution < 1.29 is 9.53 Å². The number of nitrogens with one attached hydrogen (secondary N) is 1. The van der Waals surface area contributed by atoms with Gasteiger partial charge >= 0.3 is 5.97 Å². The van der Waals surface area contributed by atoms with Crippen molar-refractivity contribution in [2.75, 3.05) is 12.4 Å². The third-order valence-electron chi connectivity index (χ3n) is 2.52. The molecule has 0 saturated carbocycles. The van der Waals surface area contributed by atoms with Crippen molar-refractivity contribution in [3.05, 3.63) is 49.6 Å². The molecule has 19 heavy (non-hydrogen) atoms. The van der Waals surface area contributed by atoms with Gasteiger partial charge in [0, 0.05) is 15.0 Å². The first-order valence-corrected chi connectivity index (χ1v) is 7.50. The zero-order valence-electron chi connectivity index (χ0n) is 10.1. The molecule has 6 heteroatoms. The Labute approximate surface area is 128 Å². The zero-order valence-corrected chi connectivity index (χ0v) is 13.2. The first-order chi connectivity index (χ1) is 9.11. The molecule has 2 aromatic rings. The van der Waals surface area contributed by atoms with Crippen molar-refractivity contribution in [3.63, 3.8) is 0 Å². The number of ether oxygens (including phenoxy) is 1. The van der Waals surface area contributed by atoms with Crippen LogP contribution >= 0.6 is 38.9 Å². The lowest BCUT2D eigenvalue weighted by Crippen LogP contribution is -2.04. The van der Waals surface area contributed by atoms with Gasteiger partial charge in [-0.25, -0.2) is 4.79 Å². The van der Waals surface area contributed by atoms with E-state index in [9.17, 15) is 4.79 Å². The molecule has 100 valence electrons. The second-order valence-electron chi connectivity index (χ2n) is 3.73. The van der Waals surface area contributed by atoms with Gasteiger partial charge in [0.15, 0.2) is 0 Å². The highest BCUT2D eigenvalue weighted by Crippen LogP contribution is 2.25. The van der Waals surface area contributed by atoms with Crippen molar-refractivity contribution in [1.29, 1.82) is 0 Å². The second-order valence-corrected chi connectivity index (χ2v) is 5.99. The number of rotatable bonds is 4. The first-order valence-electron chi connectivity index (χ1n) is 5.45. The molecular formula is C13H11BrClNO2S. The van der Waals surface area contributed by atoms with Gasteiger partial charge in [-0.15, -0.1) is 11.3 Å². The molecule has 1 aromatic heterocycles. The first kappa shape index (κ1) is 14.4. The molecule has 0 spiro atoms. The van der Waals surface area contributed by atoms with Crippen LogP contribution in [0.25, 0.3) is 0 Å². The number of hydrogen-bond donors (Lipinski definition) is 1. The summed E-state index contributed by atoms with van der Waals surface area (Å²) in [6.07, 6.45) is 0. The standard InChI is InChI=1S/C13H11BrClNO2S/c1-18-13(17)9-6-8(2-3-11(9)15)16-7-12-10(14)4-5-19-12/h2-6,16H,7H2,1H3. The van der Waals surface area contributed by atoms with Crippen LogP contribution in [0.15, 0.2) is 34.1 Å². The van der Waals surface area contributed by atoms with Gasteiger partial charge in [0.25, 0.3) is 0 Å². The van der Waals surface area contributed by atoms with E-state index in [4.69, 9.17) is 11.6 Å². The number of anilines is 1. The molecule has 0 unspecified atom stereocenters. The van der Waals surface area contributed by atoms with E-state index in [2.05, 4.69) is 26.0 Å². The molecule has 0 amide bonds. The second kappa shape index (κ2) is 6.41. The minimum Gasteiger partial charge on any atom is -0.465 e. The largest absolute Gasteiger partial charge is 0.465 e. The van der Waals surface area contributed by atoms with E-state index in [0.29, 0.717) is 17.1 Å². The lowest BCUT2D eigenvalue weighted by Gasteiger charge is -2.08. The van der Waals surface area contributed by atoms with Gasteiger partial charge in [-0.1, -0.05) is 11.6 Å². The third kappa shape index (κ3) is 3.49. The van der Waals surface area contributed by atoms with E-state index in [1.54, 1.807) is 23.5 Å². The normalized spacial score (nSPS) is 10.3. The smallest absolute Gasteiger partial charge is 0.339 e. The fraction of sp³-hybridized carbons (Fsp3) is 0.154. The molecule has 1 heterocycles. The van der Waals surface area contributed by atoms with E-state index >= 15 is 0 Å². The highest BCUT2D eigenvalue weighted by molar-refractivity contribution is 9.10. The Morgan fingerprint density at radius 1 is 1.47 bits per heavy atom. The number of hydrogen-bond acceptors (Lipinski definition) is 4. The summed E-state index contributed by atoms with van der Waals surface area (Å²) in [4.78, 5) is 12.7. The molecule has 1 aromatic carbocycles. The molecule has 2 rings (SSSR count). The maximum atomic E-state index is 11.5. The van der Waals surface area contributed by atoms with Crippen molar-refractivity contribution in [2.45, 2.75) is 6.54 Å². The number of halogens is 2. The van der Waals surface area contributed by atoms with Crippen molar-refractivity contribution >= 4 is 50.5 Å². The van der Waals surface area contributed by atoms with Crippen LogP contribution in [0.4, 0.5) is 5.69 Å². The Bertz CT molecular complexity index is 600. The predicted molar refractivity (Wildman–Crippen MR) is 82.1 cm³/mol. The SMILES string of the molecule is COC(=O)c1cc(NCc2sccc2Br)ccc1Cl. The van der Waals surface area contributed by atoms with Crippen LogP contribution in [0.1, 0.15) is 15.2 Å². The monoisotopic (exact) mass is 359 g/mol.